The first-order chi connectivity index (χ1) is 19.8. The molecule has 1 aliphatic carbocycles. The Morgan fingerprint density at radius 1 is 1.02 bits per heavy atom. The Labute approximate surface area is 245 Å². The lowest BCUT2D eigenvalue weighted by Crippen LogP contribution is -2.38. The summed E-state index contributed by atoms with van der Waals surface area (Å²) in [6, 6.07) is 10.4. The molecule has 12 heteroatoms. The van der Waals surface area contributed by atoms with Crippen molar-refractivity contribution in [2.24, 2.45) is 11.3 Å². The third kappa shape index (κ3) is 7.27. The first kappa shape index (κ1) is 30.6. The van der Waals surface area contributed by atoms with Crippen LogP contribution in [0.5, 0.6) is 5.75 Å². The van der Waals surface area contributed by atoms with Gasteiger partial charge in [0.1, 0.15) is 11.6 Å². The third-order valence-electron chi connectivity index (χ3n) is 6.93. The standard InChI is InChI=1S/C30H28ClF3N4O4/c1-4-42-24-10-8-20(15-22(24)27(40)38-25-14-19(11-12-35-25)30(32,33)34)37-26(39)21-13-17(5-9-23(21)31)16-36-28(41)29(2,3)18-6-7-18/h4-5,8-15,18H,1,6-7,16H2,2-3H3,(H,36,41)(H,37,39)(H,35,38,40). The second-order valence-corrected chi connectivity index (χ2v) is 10.7. The summed E-state index contributed by atoms with van der Waals surface area (Å²) < 4.78 is 44.5. The Hall–Kier alpha value is -4.38. The minimum atomic E-state index is -4.62. The van der Waals surface area contributed by atoms with Crippen molar-refractivity contribution >= 4 is 40.8 Å². The Kier molecular flexibility index (Phi) is 8.91. The van der Waals surface area contributed by atoms with Crippen LogP contribution in [0.1, 0.15) is 58.5 Å². The molecular weight excluding hydrogens is 573 g/mol. The van der Waals surface area contributed by atoms with Crippen LogP contribution in [-0.2, 0) is 17.5 Å². The van der Waals surface area contributed by atoms with Crippen LogP contribution >= 0.6 is 11.6 Å². The lowest BCUT2D eigenvalue weighted by atomic mass is 9.86. The van der Waals surface area contributed by atoms with E-state index in [0.717, 1.165) is 31.4 Å². The van der Waals surface area contributed by atoms with Crippen molar-refractivity contribution in [2.75, 3.05) is 10.6 Å². The molecule has 0 unspecified atom stereocenters. The molecule has 1 saturated carbocycles. The number of nitrogens with zero attached hydrogens (tertiary/aromatic N) is 1. The van der Waals surface area contributed by atoms with Gasteiger partial charge in [-0.2, -0.15) is 13.2 Å². The van der Waals surface area contributed by atoms with Crippen molar-refractivity contribution < 1.29 is 32.3 Å². The topological polar surface area (TPSA) is 109 Å². The highest BCUT2D eigenvalue weighted by Crippen LogP contribution is 2.45. The monoisotopic (exact) mass is 600 g/mol. The van der Waals surface area contributed by atoms with E-state index >= 15 is 0 Å². The number of benzene rings is 2. The van der Waals surface area contributed by atoms with Gasteiger partial charge < -0.3 is 20.7 Å². The lowest BCUT2D eigenvalue weighted by Gasteiger charge is -2.23. The second-order valence-electron chi connectivity index (χ2n) is 10.3. The van der Waals surface area contributed by atoms with E-state index in [9.17, 15) is 27.6 Å². The number of rotatable bonds is 10. The Balaban J connectivity index is 1.50. The van der Waals surface area contributed by atoms with E-state index in [0.29, 0.717) is 17.5 Å². The van der Waals surface area contributed by atoms with Crippen LogP contribution < -0.4 is 20.7 Å². The predicted molar refractivity (Wildman–Crippen MR) is 152 cm³/mol. The van der Waals surface area contributed by atoms with Crippen molar-refractivity contribution in [1.82, 2.24) is 10.3 Å². The van der Waals surface area contributed by atoms with Crippen LogP contribution in [0.25, 0.3) is 0 Å². The molecule has 1 fully saturated rings. The number of alkyl halides is 3. The van der Waals surface area contributed by atoms with Gasteiger partial charge in [-0.05, 0) is 66.8 Å². The lowest BCUT2D eigenvalue weighted by molar-refractivity contribution is -0.137. The minimum Gasteiger partial charge on any atom is -0.465 e. The number of hydrogen-bond acceptors (Lipinski definition) is 5. The van der Waals surface area contributed by atoms with E-state index in [4.69, 9.17) is 16.3 Å². The summed E-state index contributed by atoms with van der Waals surface area (Å²) in [4.78, 5) is 42.6. The SMILES string of the molecule is C=COc1ccc(NC(=O)c2cc(CNC(=O)C(C)(C)C3CC3)ccc2Cl)cc1C(=O)Nc1cc(C(F)(F)F)ccn1. The summed E-state index contributed by atoms with van der Waals surface area (Å²) in [7, 11) is 0. The van der Waals surface area contributed by atoms with Crippen LogP contribution in [0.2, 0.25) is 5.02 Å². The molecule has 3 N–H and O–H groups in total. The fourth-order valence-corrected chi connectivity index (χ4v) is 4.50. The zero-order valence-electron chi connectivity index (χ0n) is 22.8. The highest BCUT2D eigenvalue weighted by molar-refractivity contribution is 6.34. The molecule has 0 saturated heterocycles. The van der Waals surface area contributed by atoms with E-state index in [1.165, 1.54) is 18.2 Å². The molecule has 0 spiro atoms. The maximum Gasteiger partial charge on any atom is 0.416 e. The van der Waals surface area contributed by atoms with Crippen molar-refractivity contribution in [3.8, 4) is 5.75 Å². The number of ether oxygens (including phenoxy) is 1. The molecule has 0 aliphatic heterocycles. The summed E-state index contributed by atoms with van der Waals surface area (Å²) in [5.41, 5.74) is -0.591. The number of carbonyl (C=O) groups excluding carboxylic acids is 3. The highest BCUT2D eigenvalue weighted by atomic mass is 35.5. The van der Waals surface area contributed by atoms with Gasteiger partial charge in [-0.3, -0.25) is 14.4 Å². The Bertz CT molecular complexity index is 1540. The van der Waals surface area contributed by atoms with Crippen LogP contribution in [0.15, 0.2) is 67.6 Å². The van der Waals surface area contributed by atoms with Crippen LogP contribution in [0.4, 0.5) is 24.7 Å². The van der Waals surface area contributed by atoms with Crippen LogP contribution in [-0.4, -0.2) is 22.7 Å². The summed E-state index contributed by atoms with van der Waals surface area (Å²) in [6.45, 7) is 7.49. The van der Waals surface area contributed by atoms with Crippen molar-refractivity contribution in [3.63, 3.8) is 0 Å². The number of aromatic nitrogens is 1. The predicted octanol–water partition coefficient (Wildman–Crippen LogP) is 6.83. The fraction of sp³-hybridized carbons (Fsp3) is 0.267. The zero-order valence-corrected chi connectivity index (χ0v) is 23.5. The van der Waals surface area contributed by atoms with E-state index in [1.807, 2.05) is 13.8 Å². The van der Waals surface area contributed by atoms with E-state index in [1.54, 1.807) is 18.2 Å². The van der Waals surface area contributed by atoms with Gasteiger partial charge in [-0.15, -0.1) is 0 Å². The maximum absolute atomic E-state index is 13.1. The molecule has 4 rings (SSSR count). The second kappa shape index (κ2) is 12.2. The number of hydrogen-bond donors (Lipinski definition) is 3. The van der Waals surface area contributed by atoms with E-state index in [2.05, 4.69) is 27.5 Å². The number of pyridine rings is 1. The smallest absolute Gasteiger partial charge is 0.416 e. The molecule has 1 aliphatic rings. The van der Waals surface area contributed by atoms with Gasteiger partial charge in [0.25, 0.3) is 11.8 Å². The maximum atomic E-state index is 13.1. The van der Waals surface area contributed by atoms with E-state index < -0.39 is 29.0 Å². The largest absolute Gasteiger partial charge is 0.465 e. The molecule has 42 heavy (non-hydrogen) atoms. The molecular formula is C30H28ClF3N4O4. The molecule has 1 heterocycles. The van der Waals surface area contributed by atoms with Crippen LogP contribution in [0, 0.1) is 11.3 Å². The molecule has 8 nitrogen and oxygen atoms in total. The third-order valence-corrected chi connectivity index (χ3v) is 7.26. The molecule has 3 aromatic rings. The number of halogens is 4. The van der Waals surface area contributed by atoms with Gasteiger partial charge >= 0.3 is 6.18 Å². The first-order valence-electron chi connectivity index (χ1n) is 12.9. The summed E-state index contributed by atoms with van der Waals surface area (Å²) in [6.07, 6.45) is -0.576. The number of amides is 3. The average molecular weight is 601 g/mol. The number of nitrogens with one attached hydrogen (secondary N) is 3. The molecule has 1 aromatic heterocycles. The normalized spacial score (nSPS) is 13.2. The molecule has 0 bridgehead atoms. The van der Waals surface area contributed by atoms with Gasteiger partial charge in [0.05, 0.1) is 28.0 Å². The fourth-order valence-electron chi connectivity index (χ4n) is 4.29. The molecule has 0 radical (unpaired) electrons. The summed E-state index contributed by atoms with van der Waals surface area (Å²) in [5.74, 6) is -1.42. The summed E-state index contributed by atoms with van der Waals surface area (Å²) >= 11 is 6.30. The molecule has 0 atom stereocenters. The van der Waals surface area contributed by atoms with Gasteiger partial charge in [0.15, 0.2) is 0 Å². The van der Waals surface area contributed by atoms with Crippen molar-refractivity contribution in [1.29, 1.82) is 0 Å². The quantitative estimate of drug-likeness (QED) is 0.221. The number of anilines is 2. The molecule has 3 amide bonds. The van der Waals surface area contributed by atoms with Gasteiger partial charge in [-0.25, -0.2) is 4.98 Å². The highest BCUT2D eigenvalue weighted by Gasteiger charge is 2.43. The van der Waals surface area contributed by atoms with Crippen molar-refractivity contribution in [2.45, 2.75) is 39.4 Å². The molecule has 220 valence electrons. The minimum absolute atomic E-state index is 0.0392. The van der Waals surface area contributed by atoms with Gasteiger partial charge in [-0.1, -0.05) is 38.1 Å². The van der Waals surface area contributed by atoms with Gasteiger partial charge in [0.2, 0.25) is 5.91 Å². The molecule has 2 aromatic carbocycles. The summed E-state index contributed by atoms with van der Waals surface area (Å²) in [5, 5.41) is 8.06. The van der Waals surface area contributed by atoms with Crippen LogP contribution in [0.3, 0.4) is 0 Å². The van der Waals surface area contributed by atoms with Crippen molar-refractivity contribution in [3.05, 3.63) is 94.8 Å². The first-order valence-corrected chi connectivity index (χ1v) is 13.3. The Morgan fingerprint density at radius 3 is 2.40 bits per heavy atom. The Morgan fingerprint density at radius 2 is 1.74 bits per heavy atom. The van der Waals surface area contributed by atoms with E-state index in [-0.39, 0.29) is 45.9 Å². The van der Waals surface area contributed by atoms with Gasteiger partial charge in [0, 0.05) is 23.8 Å². The zero-order chi connectivity index (χ0) is 30.7. The average Bonchev–Trinajstić information content (AvgIpc) is 3.79. The number of carbonyl (C=O) groups is 3.